The van der Waals surface area contributed by atoms with Gasteiger partial charge in [-0.3, -0.25) is 9.59 Å². The zero-order valence-electron chi connectivity index (χ0n) is 12.8. The van der Waals surface area contributed by atoms with Crippen LogP contribution in [0.1, 0.15) is 19.3 Å². The van der Waals surface area contributed by atoms with Crippen LogP contribution in [0.3, 0.4) is 0 Å². The van der Waals surface area contributed by atoms with Gasteiger partial charge in [-0.2, -0.15) is 0 Å². The van der Waals surface area contributed by atoms with Crippen LogP contribution in [0.5, 0.6) is 0 Å². The van der Waals surface area contributed by atoms with Crippen LogP contribution >= 0.6 is 28.3 Å². The van der Waals surface area contributed by atoms with Gasteiger partial charge in [-0.1, -0.05) is 22.0 Å². The molecule has 1 aromatic carbocycles. The number of nitrogens with two attached hydrogens (primary N) is 1. The molecule has 2 atom stereocenters. The minimum Gasteiger partial charge on any atom is -0.338 e. The van der Waals surface area contributed by atoms with Gasteiger partial charge >= 0.3 is 0 Å². The number of amides is 2. The minimum absolute atomic E-state index is 0. The fourth-order valence-electron chi connectivity index (χ4n) is 3.38. The van der Waals surface area contributed by atoms with E-state index in [0.29, 0.717) is 19.5 Å². The third kappa shape index (κ3) is 3.54. The van der Waals surface area contributed by atoms with E-state index in [0.717, 1.165) is 29.5 Å². The smallest absolute Gasteiger partial charge is 0.239 e. The number of carbonyl (C=O) groups is 2. The number of halogens is 2. The maximum Gasteiger partial charge on any atom is 0.239 e. The molecule has 5 nitrogen and oxygen atoms in total. The van der Waals surface area contributed by atoms with Crippen molar-refractivity contribution in [2.75, 3.05) is 24.5 Å². The van der Waals surface area contributed by atoms with E-state index in [2.05, 4.69) is 15.9 Å². The molecule has 0 aromatic heterocycles. The zero-order valence-corrected chi connectivity index (χ0v) is 15.2. The van der Waals surface area contributed by atoms with Crippen molar-refractivity contribution >= 4 is 45.8 Å². The zero-order chi connectivity index (χ0) is 15.7. The van der Waals surface area contributed by atoms with Gasteiger partial charge in [0.25, 0.3) is 0 Å². The Balaban J connectivity index is 0.00000192. The lowest BCUT2D eigenvalue weighted by Crippen LogP contribution is -2.45. The van der Waals surface area contributed by atoms with Gasteiger partial charge in [0.2, 0.25) is 11.8 Å². The molecule has 23 heavy (non-hydrogen) atoms. The second-order valence-corrected chi connectivity index (χ2v) is 6.79. The maximum atomic E-state index is 12.7. The molecule has 7 heteroatoms. The second-order valence-electron chi connectivity index (χ2n) is 5.87. The minimum atomic E-state index is -0.550. The van der Waals surface area contributed by atoms with Crippen molar-refractivity contribution in [1.82, 2.24) is 4.90 Å². The summed E-state index contributed by atoms with van der Waals surface area (Å²) in [4.78, 5) is 28.8. The standard InChI is InChI=1S/C16H20BrN3O2.ClH/c17-11-3-1-4-12(9-11)20-8-6-14(16(20)22)15(21)19-7-2-5-13(19)10-18;/h1,3-4,9,13-14H,2,5-8,10,18H2;1H. The monoisotopic (exact) mass is 401 g/mol. The lowest BCUT2D eigenvalue weighted by atomic mass is 10.1. The molecule has 2 fully saturated rings. The van der Waals surface area contributed by atoms with Crippen molar-refractivity contribution < 1.29 is 9.59 Å². The Bertz CT molecular complexity index is 598. The molecular weight excluding hydrogens is 382 g/mol. The van der Waals surface area contributed by atoms with E-state index in [1.165, 1.54) is 0 Å². The molecule has 126 valence electrons. The van der Waals surface area contributed by atoms with Gasteiger partial charge in [-0.15, -0.1) is 12.4 Å². The quantitative estimate of drug-likeness (QED) is 0.788. The third-order valence-corrected chi connectivity index (χ3v) is 5.05. The normalized spacial score (nSPS) is 24.0. The van der Waals surface area contributed by atoms with Crippen LogP contribution in [0.2, 0.25) is 0 Å². The summed E-state index contributed by atoms with van der Waals surface area (Å²) in [6.07, 6.45) is 2.50. The molecule has 0 bridgehead atoms. The number of hydrogen-bond donors (Lipinski definition) is 1. The van der Waals surface area contributed by atoms with Crippen LogP contribution in [0, 0.1) is 5.92 Å². The first-order valence-electron chi connectivity index (χ1n) is 7.69. The van der Waals surface area contributed by atoms with Gasteiger partial charge < -0.3 is 15.5 Å². The first-order chi connectivity index (χ1) is 10.6. The fraction of sp³-hybridized carbons (Fsp3) is 0.500. The van der Waals surface area contributed by atoms with Gasteiger partial charge in [0.05, 0.1) is 0 Å². The van der Waals surface area contributed by atoms with Crippen LogP contribution < -0.4 is 10.6 Å². The molecule has 2 N–H and O–H groups in total. The maximum absolute atomic E-state index is 12.7. The van der Waals surface area contributed by atoms with Gasteiger partial charge in [-0.25, -0.2) is 0 Å². The highest BCUT2D eigenvalue weighted by molar-refractivity contribution is 9.10. The SMILES string of the molecule is Cl.NCC1CCCN1C(=O)C1CCN(c2cccc(Br)c2)C1=O. The number of benzene rings is 1. The Hall–Kier alpha value is -1.11. The number of nitrogens with zero attached hydrogens (tertiary/aromatic N) is 2. The van der Waals surface area contributed by atoms with Crippen molar-refractivity contribution in [2.24, 2.45) is 11.7 Å². The van der Waals surface area contributed by atoms with E-state index in [1.54, 1.807) is 4.90 Å². The van der Waals surface area contributed by atoms with Gasteiger partial charge in [0.1, 0.15) is 5.92 Å². The highest BCUT2D eigenvalue weighted by Gasteiger charge is 2.42. The molecule has 0 saturated carbocycles. The lowest BCUT2D eigenvalue weighted by Gasteiger charge is -2.26. The fourth-order valence-corrected chi connectivity index (χ4v) is 3.77. The molecule has 1 aromatic rings. The molecule has 0 radical (unpaired) electrons. The highest BCUT2D eigenvalue weighted by Crippen LogP contribution is 2.30. The Kier molecular flexibility index (Phi) is 6.06. The van der Waals surface area contributed by atoms with Crippen molar-refractivity contribution in [1.29, 1.82) is 0 Å². The van der Waals surface area contributed by atoms with E-state index in [4.69, 9.17) is 5.73 Å². The van der Waals surface area contributed by atoms with E-state index >= 15 is 0 Å². The van der Waals surface area contributed by atoms with Crippen molar-refractivity contribution in [3.63, 3.8) is 0 Å². The lowest BCUT2D eigenvalue weighted by molar-refractivity contribution is -0.140. The van der Waals surface area contributed by atoms with E-state index < -0.39 is 5.92 Å². The molecule has 3 rings (SSSR count). The molecule has 2 saturated heterocycles. The average molecular weight is 403 g/mol. The van der Waals surface area contributed by atoms with E-state index in [1.807, 2.05) is 29.2 Å². The van der Waals surface area contributed by atoms with Gasteiger partial charge in [0.15, 0.2) is 0 Å². The predicted molar refractivity (Wildman–Crippen MR) is 95.6 cm³/mol. The summed E-state index contributed by atoms with van der Waals surface area (Å²) in [5.74, 6) is -0.688. The molecule has 2 aliphatic heterocycles. The molecule has 2 aliphatic rings. The Morgan fingerprint density at radius 2 is 2.09 bits per heavy atom. The van der Waals surface area contributed by atoms with E-state index in [9.17, 15) is 9.59 Å². The third-order valence-electron chi connectivity index (χ3n) is 4.56. The number of anilines is 1. The van der Waals surface area contributed by atoms with Crippen molar-refractivity contribution in [3.8, 4) is 0 Å². The first-order valence-corrected chi connectivity index (χ1v) is 8.48. The largest absolute Gasteiger partial charge is 0.338 e. The van der Waals surface area contributed by atoms with Crippen LogP contribution in [-0.2, 0) is 9.59 Å². The van der Waals surface area contributed by atoms with Crippen molar-refractivity contribution in [3.05, 3.63) is 28.7 Å². The second kappa shape index (κ2) is 7.64. The number of carbonyl (C=O) groups excluding carboxylic acids is 2. The Morgan fingerprint density at radius 1 is 1.30 bits per heavy atom. The van der Waals surface area contributed by atoms with E-state index in [-0.39, 0.29) is 30.3 Å². The predicted octanol–water partition coefficient (Wildman–Crippen LogP) is 2.17. The summed E-state index contributed by atoms with van der Waals surface area (Å²) >= 11 is 3.42. The van der Waals surface area contributed by atoms with Crippen LogP contribution in [0.15, 0.2) is 28.7 Å². The molecule has 2 unspecified atom stereocenters. The van der Waals surface area contributed by atoms with Crippen molar-refractivity contribution in [2.45, 2.75) is 25.3 Å². The Morgan fingerprint density at radius 3 is 2.78 bits per heavy atom. The van der Waals surface area contributed by atoms with Gasteiger partial charge in [0, 0.05) is 35.8 Å². The summed E-state index contributed by atoms with van der Waals surface area (Å²) in [7, 11) is 0. The summed E-state index contributed by atoms with van der Waals surface area (Å²) in [6, 6.07) is 7.72. The van der Waals surface area contributed by atoms with Crippen LogP contribution in [0.4, 0.5) is 5.69 Å². The summed E-state index contributed by atoms with van der Waals surface area (Å²) in [6.45, 7) is 1.79. The number of hydrogen-bond acceptors (Lipinski definition) is 3. The van der Waals surface area contributed by atoms with Gasteiger partial charge in [-0.05, 0) is 37.5 Å². The Labute approximate surface area is 150 Å². The molecular formula is C16H21BrClN3O2. The van der Waals surface area contributed by atoms with Crippen LogP contribution in [0.25, 0.3) is 0 Å². The summed E-state index contributed by atoms with van der Waals surface area (Å²) < 4.78 is 0.926. The number of rotatable bonds is 3. The summed E-state index contributed by atoms with van der Waals surface area (Å²) in [5.41, 5.74) is 6.58. The highest BCUT2D eigenvalue weighted by atomic mass is 79.9. The summed E-state index contributed by atoms with van der Waals surface area (Å²) in [5, 5.41) is 0. The molecule has 0 aliphatic carbocycles. The molecule has 0 spiro atoms. The molecule has 2 heterocycles. The van der Waals surface area contributed by atoms with Crippen LogP contribution in [-0.4, -0.2) is 42.4 Å². The topological polar surface area (TPSA) is 66.6 Å². The average Bonchev–Trinajstić information content (AvgIpc) is 3.12. The molecule has 2 amide bonds. The first kappa shape index (κ1) is 18.2. The number of likely N-dealkylation sites (tertiary alicyclic amines) is 1.